The Morgan fingerprint density at radius 1 is 1.15 bits per heavy atom. The number of rotatable bonds is 4. The summed E-state index contributed by atoms with van der Waals surface area (Å²) in [6.45, 7) is 0.812. The lowest BCUT2D eigenvalue weighted by molar-refractivity contribution is -0.143. The van der Waals surface area contributed by atoms with Crippen LogP contribution >= 0.6 is 0 Å². The van der Waals surface area contributed by atoms with E-state index in [0.717, 1.165) is 6.42 Å². The van der Waals surface area contributed by atoms with Gasteiger partial charge in [-0.3, -0.25) is 4.90 Å². The Labute approximate surface area is 117 Å². The number of alkyl halides is 3. The fraction of sp³-hybridized carbons (Fsp3) is 1.00. The zero-order valence-corrected chi connectivity index (χ0v) is 12.1. The van der Waals surface area contributed by atoms with Gasteiger partial charge in [-0.25, -0.2) is 8.42 Å². The van der Waals surface area contributed by atoms with Gasteiger partial charge in [0.15, 0.2) is 0 Å². The van der Waals surface area contributed by atoms with Gasteiger partial charge < -0.3 is 5.32 Å². The van der Waals surface area contributed by atoms with E-state index in [-0.39, 0.29) is 23.5 Å². The minimum atomic E-state index is -4.12. The Morgan fingerprint density at radius 2 is 1.80 bits per heavy atom. The Hall–Kier alpha value is -0.340. The fourth-order valence-electron chi connectivity index (χ4n) is 2.90. The highest BCUT2D eigenvalue weighted by Gasteiger charge is 2.34. The summed E-state index contributed by atoms with van der Waals surface area (Å²) in [6.07, 6.45) is -2.13. The molecule has 0 bridgehead atoms. The van der Waals surface area contributed by atoms with Crippen molar-refractivity contribution in [3.05, 3.63) is 0 Å². The fourth-order valence-corrected chi connectivity index (χ4v) is 4.40. The van der Waals surface area contributed by atoms with Gasteiger partial charge in [-0.15, -0.1) is 0 Å². The predicted octanol–water partition coefficient (Wildman–Crippen LogP) is 1.04. The van der Waals surface area contributed by atoms with E-state index < -0.39 is 22.6 Å². The number of sulfone groups is 1. The van der Waals surface area contributed by atoms with Crippen molar-refractivity contribution in [2.75, 3.05) is 37.7 Å². The molecule has 2 heterocycles. The summed E-state index contributed by atoms with van der Waals surface area (Å²) in [5, 5.41) is 3.31. The van der Waals surface area contributed by atoms with Gasteiger partial charge in [0.05, 0.1) is 18.1 Å². The van der Waals surface area contributed by atoms with Crippen molar-refractivity contribution in [2.24, 2.45) is 5.92 Å². The maximum atomic E-state index is 12.3. The summed E-state index contributed by atoms with van der Waals surface area (Å²) < 4.78 is 59.4. The molecule has 0 amide bonds. The van der Waals surface area contributed by atoms with Gasteiger partial charge in [0.25, 0.3) is 0 Å². The topological polar surface area (TPSA) is 49.4 Å². The van der Waals surface area contributed by atoms with Gasteiger partial charge >= 0.3 is 6.18 Å². The van der Waals surface area contributed by atoms with Crippen LogP contribution in [0.1, 0.15) is 19.3 Å². The van der Waals surface area contributed by atoms with Crippen LogP contribution in [0, 0.1) is 5.92 Å². The lowest BCUT2D eigenvalue weighted by Gasteiger charge is -2.25. The van der Waals surface area contributed by atoms with Gasteiger partial charge in [0, 0.05) is 12.6 Å². The molecule has 2 fully saturated rings. The van der Waals surface area contributed by atoms with Crippen molar-refractivity contribution in [3.63, 3.8) is 0 Å². The molecule has 20 heavy (non-hydrogen) atoms. The smallest absolute Gasteiger partial charge is 0.314 e. The molecule has 0 aliphatic carbocycles. The van der Waals surface area contributed by atoms with Crippen LogP contribution in [0.15, 0.2) is 0 Å². The number of likely N-dealkylation sites (tertiary alicyclic amines) is 1. The first-order valence-corrected chi connectivity index (χ1v) is 8.78. The van der Waals surface area contributed by atoms with Crippen molar-refractivity contribution in [2.45, 2.75) is 31.5 Å². The lowest BCUT2D eigenvalue weighted by Crippen LogP contribution is -2.40. The summed E-state index contributed by atoms with van der Waals surface area (Å²) in [5.41, 5.74) is 0. The SMILES string of the molecule is O=S1(=O)CCC(NCC2CCN(CC(F)(F)F)C2)CC1. The minimum Gasteiger partial charge on any atom is -0.314 e. The Bertz CT molecular complexity index is 411. The number of nitrogens with one attached hydrogen (secondary N) is 1. The van der Waals surface area contributed by atoms with E-state index in [1.54, 1.807) is 0 Å². The molecule has 8 heteroatoms. The molecule has 0 aromatic rings. The van der Waals surface area contributed by atoms with E-state index in [4.69, 9.17) is 0 Å². The van der Waals surface area contributed by atoms with Gasteiger partial charge in [-0.2, -0.15) is 13.2 Å². The molecular weight excluding hydrogens is 293 g/mol. The molecule has 1 N–H and O–H groups in total. The second kappa shape index (κ2) is 6.19. The molecule has 0 aromatic heterocycles. The quantitative estimate of drug-likeness (QED) is 0.842. The van der Waals surface area contributed by atoms with Crippen molar-refractivity contribution < 1.29 is 21.6 Å². The van der Waals surface area contributed by atoms with Crippen molar-refractivity contribution >= 4 is 9.84 Å². The van der Waals surface area contributed by atoms with Crippen molar-refractivity contribution in [1.82, 2.24) is 10.2 Å². The van der Waals surface area contributed by atoms with Gasteiger partial charge in [0.1, 0.15) is 9.84 Å². The zero-order valence-electron chi connectivity index (χ0n) is 11.3. The van der Waals surface area contributed by atoms with Crippen LogP contribution in [0.2, 0.25) is 0 Å². The molecule has 0 radical (unpaired) electrons. The van der Waals surface area contributed by atoms with Crippen LogP contribution < -0.4 is 5.32 Å². The average molecular weight is 314 g/mol. The first-order chi connectivity index (χ1) is 9.23. The van der Waals surface area contributed by atoms with Crippen LogP contribution in [-0.2, 0) is 9.84 Å². The summed E-state index contributed by atoms with van der Waals surface area (Å²) in [7, 11) is -2.86. The molecule has 2 aliphatic heterocycles. The molecule has 4 nitrogen and oxygen atoms in total. The molecule has 2 saturated heterocycles. The molecule has 118 valence electrons. The number of halogens is 3. The van der Waals surface area contributed by atoms with Gasteiger partial charge in [-0.05, 0) is 38.3 Å². The monoisotopic (exact) mass is 314 g/mol. The van der Waals surface area contributed by atoms with E-state index in [1.165, 1.54) is 4.90 Å². The second-order valence-electron chi connectivity index (χ2n) is 5.84. The van der Waals surface area contributed by atoms with Crippen molar-refractivity contribution in [3.8, 4) is 0 Å². The minimum absolute atomic E-state index is 0.190. The highest BCUT2D eigenvalue weighted by molar-refractivity contribution is 7.91. The highest BCUT2D eigenvalue weighted by Crippen LogP contribution is 2.22. The average Bonchev–Trinajstić information content (AvgIpc) is 2.73. The molecule has 1 atom stereocenters. The number of nitrogens with zero attached hydrogens (tertiary/aromatic N) is 1. The summed E-state index contributed by atoms with van der Waals surface area (Å²) in [5.74, 6) is 0.668. The first kappa shape index (κ1) is 16.0. The summed E-state index contributed by atoms with van der Waals surface area (Å²) in [6, 6.07) is 0.190. The van der Waals surface area contributed by atoms with E-state index >= 15 is 0 Å². The maximum absolute atomic E-state index is 12.3. The molecule has 2 aliphatic rings. The van der Waals surface area contributed by atoms with Crippen LogP contribution in [-0.4, -0.2) is 63.2 Å². The Balaban J connectivity index is 1.66. The number of hydrogen-bond acceptors (Lipinski definition) is 4. The summed E-state index contributed by atoms with van der Waals surface area (Å²) in [4.78, 5) is 1.44. The van der Waals surface area contributed by atoms with Crippen molar-refractivity contribution in [1.29, 1.82) is 0 Å². The van der Waals surface area contributed by atoms with Crippen LogP contribution in [0.25, 0.3) is 0 Å². The largest absolute Gasteiger partial charge is 0.401 e. The molecule has 0 saturated carbocycles. The van der Waals surface area contributed by atoms with E-state index in [2.05, 4.69) is 5.32 Å². The lowest BCUT2D eigenvalue weighted by atomic mass is 10.1. The normalized spacial score (nSPS) is 28.9. The highest BCUT2D eigenvalue weighted by atomic mass is 32.2. The van der Waals surface area contributed by atoms with Gasteiger partial charge in [-0.1, -0.05) is 0 Å². The second-order valence-corrected chi connectivity index (χ2v) is 8.14. The van der Waals surface area contributed by atoms with E-state index in [9.17, 15) is 21.6 Å². The molecule has 0 spiro atoms. The molecule has 1 unspecified atom stereocenters. The summed E-state index contributed by atoms with van der Waals surface area (Å²) >= 11 is 0. The predicted molar refractivity (Wildman–Crippen MR) is 70.3 cm³/mol. The van der Waals surface area contributed by atoms with E-state index in [1.807, 2.05) is 0 Å². The number of hydrogen-bond donors (Lipinski definition) is 1. The van der Waals surface area contributed by atoms with E-state index in [0.29, 0.717) is 32.5 Å². The molecule has 2 rings (SSSR count). The van der Waals surface area contributed by atoms with Crippen LogP contribution in [0.3, 0.4) is 0 Å². The zero-order chi connectivity index (χ0) is 14.8. The third kappa shape index (κ3) is 5.21. The third-order valence-corrected chi connectivity index (χ3v) is 5.74. The van der Waals surface area contributed by atoms with Gasteiger partial charge in [0.2, 0.25) is 0 Å². The standard InChI is InChI=1S/C12H21F3N2O2S/c13-12(14,15)9-17-4-1-10(8-17)7-16-11-2-5-20(18,19)6-3-11/h10-11,16H,1-9H2. The van der Waals surface area contributed by atoms with Crippen LogP contribution in [0.5, 0.6) is 0 Å². The molecular formula is C12H21F3N2O2S. The third-order valence-electron chi connectivity index (χ3n) is 4.02. The maximum Gasteiger partial charge on any atom is 0.401 e. The Morgan fingerprint density at radius 3 is 2.40 bits per heavy atom. The molecule has 0 aromatic carbocycles. The van der Waals surface area contributed by atoms with Crippen LogP contribution in [0.4, 0.5) is 13.2 Å². The first-order valence-electron chi connectivity index (χ1n) is 6.96. The Kier molecular flexibility index (Phi) is 4.96.